The van der Waals surface area contributed by atoms with Gasteiger partial charge in [-0.25, -0.2) is 0 Å². The van der Waals surface area contributed by atoms with Gasteiger partial charge in [-0.05, 0) is 23.3 Å². The Balaban J connectivity index is 1.69. The summed E-state index contributed by atoms with van der Waals surface area (Å²) in [7, 11) is 0. The van der Waals surface area contributed by atoms with Crippen LogP contribution in [0.4, 0.5) is 0 Å². The molecule has 1 amide bonds. The quantitative estimate of drug-likeness (QED) is 0.756. The van der Waals surface area contributed by atoms with Gasteiger partial charge in [0.15, 0.2) is 0 Å². The third-order valence-corrected chi connectivity index (χ3v) is 3.60. The van der Waals surface area contributed by atoms with E-state index in [9.17, 15) is 4.79 Å². The van der Waals surface area contributed by atoms with Gasteiger partial charge < -0.3 is 9.64 Å². The molecule has 0 atom stereocenters. The number of hydrogen-bond donors (Lipinski definition) is 0. The first-order valence-electron chi connectivity index (χ1n) is 7.37. The van der Waals surface area contributed by atoms with E-state index in [2.05, 4.69) is 24.0 Å². The molecule has 0 spiro atoms. The summed E-state index contributed by atoms with van der Waals surface area (Å²) in [5.41, 5.74) is 3.17. The Morgan fingerprint density at radius 3 is 2.23 bits per heavy atom. The van der Waals surface area contributed by atoms with Gasteiger partial charge in [0.25, 0.3) is 5.91 Å². The van der Waals surface area contributed by atoms with Crippen LogP contribution < -0.4 is 0 Å². The molecular weight excluding hydrogens is 274 g/mol. The van der Waals surface area contributed by atoms with E-state index in [4.69, 9.17) is 4.74 Å². The average molecular weight is 291 g/mol. The number of carbonyl (C=O) groups excluding carboxylic acids is 1. The fourth-order valence-corrected chi connectivity index (χ4v) is 2.35. The minimum absolute atomic E-state index is 0.129. The third kappa shape index (κ3) is 3.55. The molecule has 0 aliphatic carbocycles. The maximum absolute atomic E-state index is 12.0. The molecule has 22 heavy (non-hydrogen) atoms. The van der Waals surface area contributed by atoms with Crippen molar-refractivity contribution >= 4 is 5.91 Å². The lowest BCUT2D eigenvalue weighted by Gasteiger charge is -2.24. The summed E-state index contributed by atoms with van der Waals surface area (Å²) in [5, 5.41) is 0. The summed E-state index contributed by atoms with van der Waals surface area (Å²) in [6, 6.07) is 18.1. The molecule has 2 aromatic rings. The lowest BCUT2D eigenvalue weighted by molar-refractivity contribution is -0.129. The molecular formula is C19H17NO2. The maximum atomic E-state index is 12.0. The number of morpholine rings is 1. The first kappa shape index (κ1) is 14.4. The van der Waals surface area contributed by atoms with E-state index in [1.54, 1.807) is 4.90 Å². The van der Waals surface area contributed by atoms with Gasteiger partial charge in [-0.1, -0.05) is 48.4 Å². The van der Waals surface area contributed by atoms with Gasteiger partial charge >= 0.3 is 0 Å². The molecule has 1 heterocycles. The molecule has 3 heteroatoms. The smallest absolute Gasteiger partial charge is 0.298 e. The highest BCUT2D eigenvalue weighted by molar-refractivity contribution is 5.94. The molecule has 0 bridgehead atoms. The Kier molecular flexibility index (Phi) is 4.53. The van der Waals surface area contributed by atoms with Crippen LogP contribution >= 0.6 is 0 Å². The van der Waals surface area contributed by atoms with Crippen molar-refractivity contribution in [3.63, 3.8) is 0 Å². The molecule has 1 aliphatic heterocycles. The summed E-state index contributed by atoms with van der Waals surface area (Å²) >= 11 is 0. The van der Waals surface area contributed by atoms with E-state index < -0.39 is 0 Å². The van der Waals surface area contributed by atoms with Crippen molar-refractivity contribution in [2.45, 2.75) is 0 Å². The van der Waals surface area contributed by atoms with E-state index in [1.807, 2.05) is 42.5 Å². The molecule has 3 rings (SSSR count). The van der Waals surface area contributed by atoms with Crippen molar-refractivity contribution in [3.05, 3.63) is 60.2 Å². The van der Waals surface area contributed by atoms with Gasteiger partial charge in [-0.3, -0.25) is 4.79 Å². The molecule has 3 nitrogen and oxygen atoms in total. The summed E-state index contributed by atoms with van der Waals surface area (Å²) in [6.45, 7) is 2.44. The van der Waals surface area contributed by atoms with Crippen molar-refractivity contribution in [1.82, 2.24) is 4.90 Å². The summed E-state index contributed by atoms with van der Waals surface area (Å²) in [5.74, 6) is 5.52. The van der Waals surface area contributed by atoms with Crippen LogP contribution in [0.1, 0.15) is 5.56 Å². The van der Waals surface area contributed by atoms with Crippen LogP contribution in [0.3, 0.4) is 0 Å². The zero-order chi connectivity index (χ0) is 15.2. The normalized spacial score (nSPS) is 14.1. The Labute approximate surface area is 130 Å². The second-order valence-corrected chi connectivity index (χ2v) is 5.10. The SMILES string of the molecule is O=C(C#Cc1ccc(-c2ccccc2)cc1)N1CCOCC1. The van der Waals surface area contributed by atoms with Crippen LogP contribution in [-0.4, -0.2) is 37.1 Å². The van der Waals surface area contributed by atoms with Crippen molar-refractivity contribution in [3.8, 4) is 23.0 Å². The number of ether oxygens (including phenoxy) is 1. The van der Waals surface area contributed by atoms with E-state index in [0.717, 1.165) is 11.1 Å². The van der Waals surface area contributed by atoms with Crippen molar-refractivity contribution in [2.75, 3.05) is 26.3 Å². The standard InChI is InChI=1S/C19H17NO2/c21-19(20-12-14-22-15-13-20)11-8-16-6-9-18(10-7-16)17-4-2-1-3-5-17/h1-7,9-10H,12-15H2. The molecule has 1 fully saturated rings. The van der Waals surface area contributed by atoms with E-state index in [-0.39, 0.29) is 5.91 Å². The maximum Gasteiger partial charge on any atom is 0.298 e. The predicted octanol–water partition coefficient (Wildman–Crippen LogP) is 2.56. The molecule has 0 aromatic heterocycles. The molecule has 0 N–H and O–H groups in total. The summed E-state index contributed by atoms with van der Waals surface area (Å²) in [4.78, 5) is 13.7. The van der Waals surface area contributed by atoms with Crippen molar-refractivity contribution in [1.29, 1.82) is 0 Å². The highest BCUT2D eigenvalue weighted by Crippen LogP contribution is 2.18. The lowest BCUT2D eigenvalue weighted by atomic mass is 10.0. The zero-order valence-electron chi connectivity index (χ0n) is 12.3. The van der Waals surface area contributed by atoms with Gasteiger partial charge in [0.1, 0.15) is 0 Å². The van der Waals surface area contributed by atoms with E-state index in [0.29, 0.717) is 26.3 Å². The minimum atomic E-state index is -0.129. The largest absolute Gasteiger partial charge is 0.378 e. The fraction of sp³-hybridized carbons (Fsp3) is 0.211. The predicted molar refractivity (Wildman–Crippen MR) is 86.2 cm³/mol. The van der Waals surface area contributed by atoms with E-state index >= 15 is 0 Å². The monoisotopic (exact) mass is 291 g/mol. The average Bonchev–Trinajstić information content (AvgIpc) is 2.61. The number of hydrogen-bond acceptors (Lipinski definition) is 2. The fourth-order valence-electron chi connectivity index (χ4n) is 2.35. The number of carbonyl (C=O) groups is 1. The minimum Gasteiger partial charge on any atom is -0.378 e. The highest BCUT2D eigenvalue weighted by atomic mass is 16.5. The Hall–Kier alpha value is -2.57. The second kappa shape index (κ2) is 6.93. The number of rotatable bonds is 1. The van der Waals surface area contributed by atoms with Crippen LogP contribution in [0, 0.1) is 11.8 Å². The molecule has 0 radical (unpaired) electrons. The molecule has 0 saturated carbocycles. The molecule has 1 saturated heterocycles. The van der Waals surface area contributed by atoms with Gasteiger partial charge in [0.05, 0.1) is 13.2 Å². The van der Waals surface area contributed by atoms with Crippen LogP contribution in [0.5, 0.6) is 0 Å². The first-order chi connectivity index (χ1) is 10.8. The van der Waals surface area contributed by atoms with Crippen molar-refractivity contribution < 1.29 is 9.53 Å². The van der Waals surface area contributed by atoms with Gasteiger partial charge in [0.2, 0.25) is 0 Å². The third-order valence-electron chi connectivity index (χ3n) is 3.60. The highest BCUT2D eigenvalue weighted by Gasteiger charge is 2.14. The van der Waals surface area contributed by atoms with Gasteiger partial charge in [-0.2, -0.15) is 0 Å². The zero-order valence-corrected chi connectivity index (χ0v) is 12.3. The second-order valence-electron chi connectivity index (χ2n) is 5.10. The summed E-state index contributed by atoms with van der Waals surface area (Å²) in [6.07, 6.45) is 0. The van der Waals surface area contributed by atoms with Gasteiger partial charge in [0, 0.05) is 24.6 Å². The van der Waals surface area contributed by atoms with E-state index in [1.165, 1.54) is 5.56 Å². The Morgan fingerprint density at radius 1 is 0.909 bits per heavy atom. The number of nitrogens with zero attached hydrogens (tertiary/aromatic N) is 1. The lowest BCUT2D eigenvalue weighted by Crippen LogP contribution is -2.40. The van der Waals surface area contributed by atoms with Crippen molar-refractivity contribution in [2.24, 2.45) is 0 Å². The molecule has 110 valence electrons. The van der Waals surface area contributed by atoms with Crippen LogP contribution in [0.25, 0.3) is 11.1 Å². The summed E-state index contributed by atoms with van der Waals surface area (Å²) < 4.78 is 5.23. The first-order valence-corrected chi connectivity index (χ1v) is 7.37. The topological polar surface area (TPSA) is 29.5 Å². The Bertz CT molecular complexity index is 690. The molecule has 1 aliphatic rings. The molecule has 0 unspecified atom stereocenters. The van der Waals surface area contributed by atoms with Crippen LogP contribution in [0.15, 0.2) is 54.6 Å². The number of amides is 1. The molecule has 2 aromatic carbocycles. The number of benzene rings is 2. The van der Waals surface area contributed by atoms with Gasteiger partial charge in [-0.15, -0.1) is 0 Å². The Morgan fingerprint density at radius 2 is 1.55 bits per heavy atom. The van der Waals surface area contributed by atoms with Crippen LogP contribution in [-0.2, 0) is 9.53 Å². The van der Waals surface area contributed by atoms with Crippen LogP contribution in [0.2, 0.25) is 0 Å².